The lowest BCUT2D eigenvalue weighted by molar-refractivity contribution is 0.0131. The first-order valence-electron chi connectivity index (χ1n) is 8.77. The smallest absolute Gasteiger partial charge is 0.0880 e. The van der Waals surface area contributed by atoms with E-state index in [2.05, 4.69) is 50.2 Å². The molecule has 140 valence electrons. The fraction of sp³-hybridized carbons (Fsp3) is 0.882. The number of aromatic nitrogens is 3. The molecule has 1 rings (SSSR count). The van der Waals surface area contributed by atoms with Gasteiger partial charge in [-0.15, -0.1) is 5.10 Å². The second-order valence-electron chi connectivity index (χ2n) is 7.06. The van der Waals surface area contributed by atoms with Gasteiger partial charge in [-0.2, -0.15) is 0 Å². The van der Waals surface area contributed by atoms with Crippen molar-refractivity contribution in [1.29, 1.82) is 0 Å². The molecule has 7 nitrogen and oxygen atoms in total. The molecule has 0 radical (unpaired) electrons. The Morgan fingerprint density at radius 3 is 2.12 bits per heavy atom. The summed E-state index contributed by atoms with van der Waals surface area (Å²) in [5.41, 5.74) is 1.02. The van der Waals surface area contributed by atoms with Gasteiger partial charge in [-0.25, -0.2) is 4.68 Å². The van der Waals surface area contributed by atoms with Crippen LogP contribution in [0, 0.1) is 0 Å². The Morgan fingerprint density at radius 2 is 1.58 bits per heavy atom. The molecule has 0 atom stereocenters. The van der Waals surface area contributed by atoms with E-state index in [0.29, 0.717) is 52.2 Å². The maximum atomic E-state index is 5.54. The van der Waals surface area contributed by atoms with Crippen LogP contribution in [0.1, 0.15) is 40.3 Å². The van der Waals surface area contributed by atoms with Gasteiger partial charge in [0.15, 0.2) is 0 Å². The molecular weight excluding hydrogens is 308 g/mol. The molecular formula is C17H34N4O3. The summed E-state index contributed by atoms with van der Waals surface area (Å²) in [5, 5.41) is 11.6. The Hall–Kier alpha value is -1.02. The summed E-state index contributed by atoms with van der Waals surface area (Å²) in [5.74, 6) is 0. The first-order chi connectivity index (χ1) is 11.4. The maximum absolute atomic E-state index is 5.54. The predicted molar refractivity (Wildman–Crippen MR) is 94.3 cm³/mol. The molecule has 1 aromatic heterocycles. The molecule has 1 aromatic rings. The third-order valence-corrected chi connectivity index (χ3v) is 3.31. The summed E-state index contributed by atoms with van der Waals surface area (Å²) in [6.45, 7) is 15.9. The second kappa shape index (κ2) is 11.5. The number of hydrogen-bond acceptors (Lipinski definition) is 6. The van der Waals surface area contributed by atoms with E-state index in [-0.39, 0.29) is 5.41 Å². The van der Waals surface area contributed by atoms with Crippen LogP contribution in [-0.2, 0) is 26.2 Å². The molecule has 1 N–H and O–H groups in total. The summed E-state index contributed by atoms with van der Waals surface area (Å²) in [7, 11) is 0. The molecule has 0 amide bonds. The molecule has 24 heavy (non-hydrogen) atoms. The zero-order valence-corrected chi connectivity index (χ0v) is 15.9. The van der Waals surface area contributed by atoms with Crippen LogP contribution in [-0.4, -0.2) is 67.2 Å². The minimum Gasteiger partial charge on any atom is -0.378 e. The van der Waals surface area contributed by atoms with Gasteiger partial charge < -0.3 is 19.5 Å². The Kier molecular flexibility index (Phi) is 10.1. The van der Waals surface area contributed by atoms with E-state index in [1.807, 2.05) is 10.9 Å². The van der Waals surface area contributed by atoms with Gasteiger partial charge in [0.05, 0.1) is 51.9 Å². The van der Waals surface area contributed by atoms with Crippen LogP contribution < -0.4 is 5.32 Å². The van der Waals surface area contributed by atoms with Crippen molar-refractivity contribution in [3.05, 3.63) is 11.9 Å². The minimum atomic E-state index is 0.0276. The van der Waals surface area contributed by atoms with Crippen molar-refractivity contribution in [2.24, 2.45) is 0 Å². The molecule has 0 aliphatic carbocycles. The monoisotopic (exact) mass is 342 g/mol. The standard InChI is InChI=1S/C17H34N4O3/c1-15(2)18-6-8-22-10-12-24-13-11-23-9-7-21-14-16(19-20-21)17(3,4)5/h14-15,18H,6-13H2,1-5H3. The van der Waals surface area contributed by atoms with E-state index in [1.165, 1.54) is 0 Å². The van der Waals surface area contributed by atoms with E-state index in [0.717, 1.165) is 12.2 Å². The topological polar surface area (TPSA) is 70.4 Å². The third-order valence-electron chi connectivity index (χ3n) is 3.31. The number of hydrogen-bond donors (Lipinski definition) is 1. The average Bonchev–Trinajstić information content (AvgIpc) is 2.97. The van der Waals surface area contributed by atoms with Crippen molar-refractivity contribution >= 4 is 0 Å². The Bertz CT molecular complexity index is 430. The molecule has 0 fully saturated rings. The van der Waals surface area contributed by atoms with Crippen molar-refractivity contribution in [2.75, 3.05) is 46.2 Å². The summed E-state index contributed by atoms with van der Waals surface area (Å²) in [6.07, 6.45) is 1.98. The largest absolute Gasteiger partial charge is 0.378 e. The van der Waals surface area contributed by atoms with Gasteiger partial charge in [-0.3, -0.25) is 0 Å². The first kappa shape index (κ1) is 21.0. The van der Waals surface area contributed by atoms with Gasteiger partial charge in [0.1, 0.15) is 0 Å². The SMILES string of the molecule is CC(C)NCCOCCOCCOCCn1cc(C(C)(C)C)nn1. The lowest BCUT2D eigenvalue weighted by atomic mass is 9.93. The zero-order chi connectivity index (χ0) is 17.8. The Morgan fingerprint density at radius 1 is 1.00 bits per heavy atom. The summed E-state index contributed by atoms with van der Waals surface area (Å²) in [6, 6.07) is 0.500. The maximum Gasteiger partial charge on any atom is 0.0880 e. The summed E-state index contributed by atoms with van der Waals surface area (Å²) < 4.78 is 18.3. The van der Waals surface area contributed by atoms with Crippen LogP contribution in [0.3, 0.4) is 0 Å². The summed E-state index contributed by atoms with van der Waals surface area (Å²) >= 11 is 0. The molecule has 7 heteroatoms. The van der Waals surface area contributed by atoms with E-state index in [4.69, 9.17) is 14.2 Å². The number of nitrogens with one attached hydrogen (secondary N) is 1. The molecule has 0 spiro atoms. The van der Waals surface area contributed by atoms with Crippen LogP contribution in [0.15, 0.2) is 6.20 Å². The Labute approximate surface area is 146 Å². The van der Waals surface area contributed by atoms with Crippen molar-refractivity contribution in [1.82, 2.24) is 20.3 Å². The number of rotatable bonds is 13. The van der Waals surface area contributed by atoms with Crippen LogP contribution in [0.4, 0.5) is 0 Å². The van der Waals surface area contributed by atoms with Crippen LogP contribution in [0.25, 0.3) is 0 Å². The number of ether oxygens (including phenoxy) is 3. The molecule has 0 unspecified atom stereocenters. The van der Waals surface area contributed by atoms with E-state index in [9.17, 15) is 0 Å². The van der Waals surface area contributed by atoms with Crippen molar-refractivity contribution in [2.45, 2.75) is 52.6 Å². The molecule has 0 aliphatic heterocycles. The Balaban J connectivity index is 1.90. The van der Waals surface area contributed by atoms with E-state index >= 15 is 0 Å². The van der Waals surface area contributed by atoms with Gasteiger partial charge in [-0.1, -0.05) is 39.8 Å². The molecule has 1 heterocycles. The number of nitrogens with zero attached hydrogens (tertiary/aromatic N) is 3. The third kappa shape index (κ3) is 9.97. The molecule has 0 aliphatic rings. The highest BCUT2D eigenvalue weighted by Crippen LogP contribution is 2.18. The zero-order valence-electron chi connectivity index (χ0n) is 15.9. The van der Waals surface area contributed by atoms with Crippen molar-refractivity contribution in [3.8, 4) is 0 Å². The van der Waals surface area contributed by atoms with Gasteiger partial charge in [0.25, 0.3) is 0 Å². The highest BCUT2D eigenvalue weighted by atomic mass is 16.5. The fourth-order valence-electron chi connectivity index (χ4n) is 1.87. The highest BCUT2D eigenvalue weighted by molar-refractivity contribution is 5.06. The average molecular weight is 342 g/mol. The quantitative estimate of drug-likeness (QED) is 0.549. The molecule has 0 bridgehead atoms. The van der Waals surface area contributed by atoms with Gasteiger partial charge in [0.2, 0.25) is 0 Å². The fourth-order valence-corrected chi connectivity index (χ4v) is 1.87. The lowest BCUT2D eigenvalue weighted by Gasteiger charge is -2.12. The second-order valence-corrected chi connectivity index (χ2v) is 7.06. The minimum absolute atomic E-state index is 0.0276. The molecule has 0 saturated carbocycles. The highest BCUT2D eigenvalue weighted by Gasteiger charge is 2.17. The molecule has 0 saturated heterocycles. The first-order valence-corrected chi connectivity index (χ1v) is 8.77. The summed E-state index contributed by atoms with van der Waals surface area (Å²) in [4.78, 5) is 0. The van der Waals surface area contributed by atoms with Crippen molar-refractivity contribution in [3.63, 3.8) is 0 Å². The van der Waals surface area contributed by atoms with Gasteiger partial charge in [0, 0.05) is 24.2 Å². The van der Waals surface area contributed by atoms with E-state index in [1.54, 1.807) is 0 Å². The normalized spacial score (nSPS) is 12.2. The molecule has 0 aromatic carbocycles. The van der Waals surface area contributed by atoms with Crippen LogP contribution >= 0.6 is 0 Å². The van der Waals surface area contributed by atoms with Crippen molar-refractivity contribution < 1.29 is 14.2 Å². The van der Waals surface area contributed by atoms with E-state index < -0.39 is 0 Å². The van der Waals surface area contributed by atoms with Gasteiger partial charge in [-0.05, 0) is 0 Å². The van der Waals surface area contributed by atoms with Gasteiger partial charge >= 0.3 is 0 Å². The van der Waals surface area contributed by atoms with Crippen LogP contribution in [0.2, 0.25) is 0 Å². The predicted octanol–water partition coefficient (Wildman–Crippen LogP) is 1.62. The lowest BCUT2D eigenvalue weighted by Crippen LogP contribution is -2.27. The van der Waals surface area contributed by atoms with Crippen LogP contribution in [0.5, 0.6) is 0 Å².